The predicted molar refractivity (Wildman–Crippen MR) is 138 cm³/mol. The van der Waals surface area contributed by atoms with Crippen molar-refractivity contribution in [3.05, 3.63) is 92.2 Å². The Hall–Kier alpha value is -4.09. The van der Waals surface area contributed by atoms with Gasteiger partial charge in [0, 0.05) is 35.6 Å². The number of nitro benzene ring substituents is 1. The van der Waals surface area contributed by atoms with Gasteiger partial charge in [0.25, 0.3) is 5.69 Å². The van der Waals surface area contributed by atoms with E-state index < -0.39 is 46.0 Å². The number of methoxy groups -OCH3 is 2. The van der Waals surface area contributed by atoms with Gasteiger partial charge in [-0.2, -0.15) is 0 Å². The highest BCUT2D eigenvalue weighted by molar-refractivity contribution is 7.10. The van der Waals surface area contributed by atoms with Gasteiger partial charge >= 0.3 is 5.97 Å². The Morgan fingerprint density at radius 1 is 1.08 bits per heavy atom. The van der Waals surface area contributed by atoms with Gasteiger partial charge in [0.15, 0.2) is 5.78 Å². The van der Waals surface area contributed by atoms with Gasteiger partial charge in [0.1, 0.15) is 17.9 Å². The van der Waals surface area contributed by atoms with E-state index in [1.807, 2.05) is 0 Å². The van der Waals surface area contributed by atoms with E-state index >= 15 is 0 Å². The van der Waals surface area contributed by atoms with Crippen LogP contribution in [0.25, 0.3) is 0 Å². The molecule has 10 nitrogen and oxygen atoms in total. The zero-order valence-electron chi connectivity index (χ0n) is 20.9. The van der Waals surface area contributed by atoms with Crippen LogP contribution >= 0.6 is 11.3 Å². The fraction of sp³-hybridized carbons (Fsp3) is 0.296. The van der Waals surface area contributed by atoms with E-state index in [0.29, 0.717) is 16.2 Å². The van der Waals surface area contributed by atoms with Gasteiger partial charge in [-0.1, -0.05) is 18.2 Å². The van der Waals surface area contributed by atoms with Crippen LogP contribution in [0.15, 0.2) is 66.0 Å². The maximum absolute atomic E-state index is 14.2. The zero-order valence-corrected chi connectivity index (χ0v) is 21.7. The van der Waals surface area contributed by atoms with Crippen molar-refractivity contribution in [3.63, 3.8) is 0 Å². The number of carboxylic acid groups (broad SMARTS) is 1. The van der Waals surface area contributed by atoms with Crippen molar-refractivity contribution in [2.24, 2.45) is 5.92 Å². The first kappa shape index (κ1) is 27.0. The largest absolute Gasteiger partial charge is 0.497 e. The second-order valence-corrected chi connectivity index (χ2v) is 10.0. The molecule has 11 heteroatoms. The molecule has 0 bridgehead atoms. The summed E-state index contributed by atoms with van der Waals surface area (Å²) in [7, 11) is 2.85. The molecule has 38 heavy (non-hydrogen) atoms. The van der Waals surface area contributed by atoms with Crippen LogP contribution in [0, 0.1) is 16.0 Å². The van der Waals surface area contributed by atoms with Crippen LogP contribution in [-0.4, -0.2) is 59.0 Å². The van der Waals surface area contributed by atoms with Crippen molar-refractivity contribution in [1.82, 2.24) is 4.90 Å². The molecule has 0 radical (unpaired) electrons. The number of nitro groups is 1. The van der Waals surface area contributed by atoms with Crippen LogP contribution in [0.4, 0.5) is 5.69 Å². The second kappa shape index (κ2) is 10.7. The lowest BCUT2D eigenvalue weighted by Crippen LogP contribution is -2.55. The summed E-state index contributed by atoms with van der Waals surface area (Å²) in [4.78, 5) is 53.3. The summed E-state index contributed by atoms with van der Waals surface area (Å²) in [6.45, 7) is 1.07. The van der Waals surface area contributed by atoms with Gasteiger partial charge in [0.2, 0.25) is 5.91 Å². The molecule has 4 atom stereocenters. The lowest BCUT2D eigenvalue weighted by atomic mass is 9.74. The fourth-order valence-corrected chi connectivity index (χ4v) is 6.28. The van der Waals surface area contributed by atoms with Crippen LogP contribution in [0.3, 0.4) is 0 Å². The van der Waals surface area contributed by atoms with Crippen molar-refractivity contribution in [2.45, 2.75) is 24.4 Å². The number of ether oxygens (including phenoxy) is 2. The Morgan fingerprint density at radius 2 is 1.74 bits per heavy atom. The number of benzene rings is 2. The van der Waals surface area contributed by atoms with Crippen LogP contribution < -0.4 is 4.74 Å². The number of nitrogens with zero attached hydrogens (tertiary/aromatic N) is 2. The number of ketones is 1. The normalized spacial score (nSPS) is 22.7. The van der Waals surface area contributed by atoms with E-state index in [0.717, 1.165) is 0 Å². The number of amides is 1. The van der Waals surface area contributed by atoms with E-state index in [1.165, 1.54) is 61.6 Å². The number of likely N-dealkylation sites (tertiary alicyclic amines) is 1. The van der Waals surface area contributed by atoms with Gasteiger partial charge in [-0.3, -0.25) is 19.7 Å². The van der Waals surface area contributed by atoms with Gasteiger partial charge < -0.3 is 19.5 Å². The Bertz CT molecular complexity index is 1340. The average Bonchev–Trinajstić information content (AvgIpc) is 3.53. The standard InChI is InChI=1S/C27H26N2O8S/c1-27(26(32)33)23(20-5-4-14-38-20)22(25(31)17-6-10-18(11-7-17)29(34)35)24(28(27)21(30)15-36-2)16-8-12-19(37-3)13-9-16/h4-14,22-24H,15H2,1-3H3,(H,32,33). The van der Waals surface area contributed by atoms with Crippen molar-refractivity contribution in [2.75, 3.05) is 20.8 Å². The van der Waals surface area contributed by atoms with Crippen molar-refractivity contribution in [3.8, 4) is 5.75 Å². The summed E-state index contributed by atoms with van der Waals surface area (Å²) >= 11 is 1.30. The number of rotatable bonds is 9. The van der Waals surface area contributed by atoms with E-state index in [9.17, 15) is 29.6 Å². The molecular weight excluding hydrogens is 512 g/mol. The van der Waals surface area contributed by atoms with Crippen molar-refractivity contribution >= 4 is 34.7 Å². The number of thiophene rings is 1. The number of non-ortho nitro benzene ring substituents is 1. The smallest absolute Gasteiger partial charge is 0.330 e. The molecule has 1 saturated heterocycles. The third-order valence-corrected chi connectivity index (χ3v) is 7.98. The number of Topliss-reactive ketones (excluding diaryl/α,β-unsaturated/α-hetero) is 1. The molecule has 198 valence electrons. The average molecular weight is 539 g/mol. The molecule has 1 aliphatic heterocycles. The highest BCUT2D eigenvalue weighted by Crippen LogP contribution is 2.57. The van der Waals surface area contributed by atoms with Crippen LogP contribution in [0.2, 0.25) is 0 Å². The molecule has 0 saturated carbocycles. The first-order valence-corrected chi connectivity index (χ1v) is 12.5. The van der Waals surface area contributed by atoms with Gasteiger partial charge in [-0.15, -0.1) is 11.3 Å². The molecule has 1 aliphatic rings. The molecule has 0 spiro atoms. The molecule has 1 fully saturated rings. The van der Waals surface area contributed by atoms with Gasteiger partial charge in [-0.05, 0) is 48.2 Å². The molecule has 0 aliphatic carbocycles. The molecule has 4 rings (SSSR count). The van der Waals surface area contributed by atoms with Crippen LogP contribution in [0.5, 0.6) is 5.75 Å². The Morgan fingerprint density at radius 3 is 2.24 bits per heavy atom. The maximum Gasteiger partial charge on any atom is 0.330 e. The van der Waals surface area contributed by atoms with Gasteiger partial charge in [0.05, 0.1) is 24.0 Å². The molecule has 1 amide bonds. The number of carboxylic acids is 1. The first-order valence-electron chi connectivity index (χ1n) is 11.7. The molecule has 2 heterocycles. The SMILES string of the molecule is COCC(=O)N1C(c2ccc(OC)cc2)C(C(=O)c2ccc([N+](=O)[O-])cc2)C(c2cccs2)C1(C)C(=O)O. The Labute approximate surface area is 222 Å². The van der Waals surface area contributed by atoms with Crippen molar-refractivity contribution in [1.29, 1.82) is 0 Å². The maximum atomic E-state index is 14.2. The summed E-state index contributed by atoms with van der Waals surface area (Å²) in [5.74, 6) is -3.67. The number of carbonyl (C=O) groups excluding carboxylic acids is 2. The quantitative estimate of drug-likeness (QED) is 0.242. The minimum atomic E-state index is -1.81. The van der Waals surface area contributed by atoms with E-state index in [1.54, 1.807) is 41.8 Å². The molecule has 1 N–H and O–H groups in total. The number of hydrogen-bond donors (Lipinski definition) is 1. The molecule has 1 aromatic heterocycles. The monoisotopic (exact) mass is 538 g/mol. The lowest BCUT2D eigenvalue weighted by Gasteiger charge is -2.37. The minimum absolute atomic E-state index is 0.175. The Kier molecular flexibility index (Phi) is 7.61. The first-order chi connectivity index (χ1) is 18.1. The second-order valence-electron chi connectivity index (χ2n) is 9.05. The van der Waals surface area contributed by atoms with E-state index in [-0.39, 0.29) is 17.9 Å². The topological polar surface area (TPSA) is 136 Å². The van der Waals surface area contributed by atoms with Crippen molar-refractivity contribution < 1.29 is 33.9 Å². The van der Waals surface area contributed by atoms with Crippen LogP contribution in [0.1, 0.15) is 39.7 Å². The summed E-state index contributed by atoms with van der Waals surface area (Å²) in [5.41, 5.74) is -1.27. The summed E-state index contributed by atoms with van der Waals surface area (Å²) in [5, 5.41) is 23.6. The minimum Gasteiger partial charge on any atom is -0.497 e. The summed E-state index contributed by atoms with van der Waals surface area (Å²) in [6.07, 6.45) is 0. The third-order valence-electron chi connectivity index (χ3n) is 7.03. The molecule has 4 unspecified atom stereocenters. The van der Waals surface area contributed by atoms with Gasteiger partial charge in [-0.25, -0.2) is 4.79 Å². The molecule has 3 aromatic rings. The number of carbonyl (C=O) groups is 3. The summed E-state index contributed by atoms with van der Waals surface area (Å²) in [6, 6.07) is 14.5. The fourth-order valence-electron chi connectivity index (χ4n) is 5.29. The molecular formula is C27H26N2O8S. The number of aliphatic carboxylic acids is 1. The Balaban J connectivity index is 1.98. The molecule has 2 aromatic carbocycles. The number of hydrogen-bond acceptors (Lipinski definition) is 8. The highest BCUT2D eigenvalue weighted by Gasteiger charge is 2.65. The van der Waals surface area contributed by atoms with E-state index in [4.69, 9.17) is 9.47 Å². The summed E-state index contributed by atoms with van der Waals surface area (Å²) < 4.78 is 10.4. The highest BCUT2D eigenvalue weighted by atomic mass is 32.1. The predicted octanol–water partition coefficient (Wildman–Crippen LogP) is 4.32. The van der Waals surface area contributed by atoms with E-state index in [2.05, 4.69) is 0 Å². The van der Waals surface area contributed by atoms with Crippen LogP contribution in [-0.2, 0) is 14.3 Å². The lowest BCUT2D eigenvalue weighted by molar-refractivity contribution is -0.384. The third kappa shape index (κ3) is 4.54. The zero-order chi connectivity index (χ0) is 27.6.